The molecule has 1 N–H and O–H groups in total. The average Bonchev–Trinajstić information content (AvgIpc) is 2.77. The molecule has 0 bridgehead atoms. The molecule has 0 saturated heterocycles. The van der Waals surface area contributed by atoms with Crippen LogP contribution in [0.3, 0.4) is 0 Å². The van der Waals surface area contributed by atoms with Gasteiger partial charge >= 0.3 is 0 Å². The first kappa shape index (κ1) is 21.5. The molecule has 0 fully saturated rings. The molecule has 0 aliphatic carbocycles. The molecule has 1 amide bonds. The van der Waals surface area contributed by atoms with Crippen LogP contribution in [0.2, 0.25) is 0 Å². The standard InChI is InChI=1S/C23H25N3O3S/c1-3-20-6-4-5-7-22(20)26(30(28,29)21-10-8-18(2)9-11-21)17-23(27)25-16-19-12-14-24-15-13-19/h4-15H,3,16-17H2,1-2H3,(H,25,27). The molecule has 0 atom stereocenters. The number of para-hydroxylation sites is 1. The first-order valence-electron chi connectivity index (χ1n) is 9.74. The maximum Gasteiger partial charge on any atom is 0.264 e. The van der Waals surface area contributed by atoms with E-state index in [0.29, 0.717) is 18.7 Å². The van der Waals surface area contributed by atoms with Crippen LogP contribution >= 0.6 is 0 Å². The molecule has 0 saturated carbocycles. The molecule has 0 aliphatic rings. The summed E-state index contributed by atoms with van der Waals surface area (Å²) in [7, 11) is -3.92. The number of pyridine rings is 1. The van der Waals surface area contributed by atoms with E-state index in [1.54, 1.807) is 60.9 Å². The van der Waals surface area contributed by atoms with Crippen LogP contribution in [0.1, 0.15) is 23.6 Å². The predicted molar refractivity (Wildman–Crippen MR) is 118 cm³/mol. The number of benzene rings is 2. The Morgan fingerprint density at radius 2 is 1.67 bits per heavy atom. The molecule has 2 aromatic carbocycles. The summed E-state index contributed by atoms with van der Waals surface area (Å²) < 4.78 is 28.1. The first-order chi connectivity index (χ1) is 14.4. The Hall–Kier alpha value is -3.19. The Labute approximate surface area is 177 Å². The van der Waals surface area contributed by atoms with Gasteiger partial charge in [0.05, 0.1) is 10.6 Å². The number of nitrogens with zero attached hydrogens (tertiary/aromatic N) is 2. The van der Waals surface area contributed by atoms with Gasteiger partial charge in [0.2, 0.25) is 5.91 Å². The number of hydrogen-bond donors (Lipinski definition) is 1. The zero-order valence-electron chi connectivity index (χ0n) is 17.1. The van der Waals surface area contributed by atoms with Crippen molar-refractivity contribution in [2.45, 2.75) is 31.7 Å². The molecular weight excluding hydrogens is 398 g/mol. The first-order valence-corrected chi connectivity index (χ1v) is 11.2. The van der Waals surface area contributed by atoms with Crippen LogP contribution in [0, 0.1) is 6.92 Å². The fraction of sp³-hybridized carbons (Fsp3) is 0.217. The van der Waals surface area contributed by atoms with Gasteiger partial charge in [0.25, 0.3) is 10.0 Å². The Morgan fingerprint density at radius 1 is 1.00 bits per heavy atom. The lowest BCUT2D eigenvalue weighted by Crippen LogP contribution is -2.41. The highest BCUT2D eigenvalue weighted by Gasteiger charge is 2.28. The van der Waals surface area contributed by atoms with E-state index in [9.17, 15) is 13.2 Å². The minimum absolute atomic E-state index is 0.154. The summed E-state index contributed by atoms with van der Waals surface area (Å²) in [5.74, 6) is -0.381. The molecule has 7 heteroatoms. The average molecular weight is 424 g/mol. The highest BCUT2D eigenvalue weighted by Crippen LogP contribution is 2.27. The normalized spacial score (nSPS) is 11.1. The number of aromatic nitrogens is 1. The van der Waals surface area contributed by atoms with E-state index in [1.165, 1.54) is 4.31 Å². The quantitative estimate of drug-likeness (QED) is 0.602. The van der Waals surface area contributed by atoms with E-state index in [0.717, 1.165) is 16.7 Å². The van der Waals surface area contributed by atoms with Gasteiger partial charge in [-0.15, -0.1) is 0 Å². The van der Waals surface area contributed by atoms with Crippen molar-refractivity contribution in [3.05, 3.63) is 89.7 Å². The third kappa shape index (κ3) is 5.04. The molecule has 6 nitrogen and oxygen atoms in total. The number of carbonyl (C=O) groups is 1. The molecule has 3 rings (SSSR count). The molecule has 0 radical (unpaired) electrons. The van der Waals surface area contributed by atoms with Crippen LogP contribution in [0.25, 0.3) is 0 Å². The van der Waals surface area contributed by atoms with Crippen molar-refractivity contribution in [2.24, 2.45) is 0 Å². The van der Waals surface area contributed by atoms with Crippen molar-refractivity contribution in [1.82, 2.24) is 10.3 Å². The van der Waals surface area contributed by atoms with Crippen LogP contribution < -0.4 is 9.62 Å². The third-order valence-electron chi connectivity index (χ3n) is 4.78. The zero-order chi connectivity index (χ0) is 21.6. The van der Waals surface area contributed by atoms with E-state index in [-0.39, 0.29) is 17.3 Å². The van der Waals surface area contributed by atoms with E-state index in [2.05, 4.69) is 10.3 Å². The van der Waals surface area contributed by atoms with E-state index >= 15 is 0 Å². The number of anilines is 1. The molecule has 0 spiro atoms. The molecule has 1 heterocycles. The SMILES string of the molecule is CCc1ccccc1N(CC(=O)NCc1ccncc1)S(=O)(=O)c1ccc(C)cc1. The van der Waals surface area contributed by atoms with Crippen molar-refractivity contribution in [1.29, 1.82) is 0 Å². The summed E-state index contributed by atoms with van der Waals surface area (Å²) in [6.45, 7) is 3.85. The Morgan fingerprint density at radius 3 is 2.33 bits per heavy atom. The fourth-order valence-corrected chi connectivity index (χ4v) is 4.54. The van der Waals surface area contributed by atoms with Crippen LogP contribution in [0.5, 0.6) is 0 Å². The number of hydrogen-bond acceptors (Lipinski definition) is 4. The largest absolute Gasteiger partial charge is 0.350 e. The van der Waals surface area contributed by atoms with Gasteiger partial charge in [-0.2, -0.15) is 0 Å². The van der Waals surface area contributed by atoms with Gasteiger partial charge in [-0.25, -0.2) is 8.42 Å². The van der Waals surface area contributed by atoms with Crippen LogP contribution in [-0.4, -0.2) is 25.9 Å². The van der Waals surface area contributed by atoms with Crippen molar-refractivity contribution in [3.8, 4) is 0 Å². The Bertz CT molecular complexity index is 1100. The number of nitrogens with one attached hydrogen (secondary N) is 1. The molecule has 3 aromatic rings. The van der Waals surface area contributed by atoms with Gasteiger partial charge in [0.15, 0.2) is 0 Å². The lowest BCUT2D eigenvalue weighted by atomic mass is 10.1. The van der Waals surface area contributed by atoms with Gasteiger partial charge in [-0.1, -0.05) is 42.8 Å². The molecule has 1 aromatic heterocycles. The number of sulfonamides is 1. The Kier molecular flexibility index (Phi) is 6.84. The van der Waals surface area contributed by atoms with E-state index in [1.807, 2.05) is 26.0 Å². The molecule has 156 valence electrons. The topological polar surface area (TPSA) is 79.4 Å². The number of carbonyl (C=O) groups excluding carboxylic acids is 1. The summed E-state index contributed by atoms with van der Waals surface area (Å²) in [5.41, 5.74) is 3.22. The fourth-order valence-electron chi connectivity index (χ4n) is 3.08. The second-order valence-electron chi connectivity index (χ2n) is 6.94. The molecule has 30 heavy (non-hydrogen) atoms. The van der Waals surface area contributed by atoms with Crippen molar-refractivity contribution in [2.75, 3.05) is 10.8 Å². The summed E-state index contributed by atoms with van der Waals surface area (Å²) >= 11 is 0. The molecule has 0 aliphatic heterocycles. The summed E-state index contributed by atoms with van der Waals surface area (Å²) in [6, 6.07) is 17.5. The number of amides is 1. The number of rotatable bonds is 8. The van der Waals surface area contributed by atoms with Gasteiger partial charge in [0.1, 0.15) is 6.54 Å². The second kappa shape index (κ2) is 9.54. The highest BCUT2D eigenvalue weighted by atomic mass is 32.2. The minimum Gasteiger partial charge on any atom is -0.350 e. The third-order valence-corrected chi connectivity index (χ3v) is 6.55. The predicted octanol–water partition coefficient (Wildman–Crippen LogP) is 3.46. The van der Waals surface area contributed by atoms with Gasteiger partial charge in [0, 0.05) is 18.9 Å². The van der Waals surface area contributed by atoms with Crippen LogP contribution in [0.15, 0.2) is 78.0 Å². The van der Waals surface area contributed by atoms with E-state index in [4.69, 9.17) is 0 Å². The van der Waals surface area contributed by atoms with Gasteiger partial charge < -0.3 is 5.32 Å². The monoisotopic (exact) mass is 423 g/mol. The van der Waals surface area contributed by atoms with Crippen LogP contribution in [-0.2, 0) is 27.8 Å². The summed E-state index contributed by atoms with van der Waals surface area (Å²) in [4.78, 5) is 16.8. The maximum absolute atomic E-state index is 13.5. The van der Waals surface area contributed by atoms with Gasteiger partial charge in [-0.3, -0.25) is 14.1 Å². The smallest absolute Gasteiger partial charge is 0.264 e. The van der Waals surface area contributed by atoms with Crippen molar-refractivity contribution >= 4 is 21.6 Å². The highest BCUT2D eigenvalue weighted by molar-refractivity contribution is 7.92. The maximum atomic E-state index is 13.5. The van der Waals surface area contributed by atoms with Crippen LogP contribution in [0.4, 0.5) is 5.69 Å². The van der Waals surface area contributed by atoms with Crippen molar-refractivity contribution < 1.29 is 13.2 Å². The molecule has 0 unspecified atom stereocenters. The van der Waals surface area contributed by atoms with E-state index < -0.39 is 10.0 Å². The minimum atomic E-state index is -3.92. The summed E-state index contributed by atoms with van der Waals surface area (Å²) in [5, 5.41) is 2.80. The summed E-state index contributed by atoms with van der Waals surface area (Å²) in [6.07, 6.45) is 3.94. The van der Waals surface area contributed by atoms with Gasteiger partial charge in [-0.05, 0) is 54.8 Å². The van der Waals surface area contributed by atoms with Crippen molar-refractivity contribution in [3.63, 3.8) is 0 Å². The zero-order valence-corrected chi connectivity index (χ0v) is 17.9. The Balaban J connectivity index is 1.91. The lowest BCUT2D eigenvalue weighted by Gasteiger charge is -2.26. The second-order valence-corrected chi connectivity index (χ2v) is 8.80. The number of aryl methyl sites for hydroxylation is 2. The molecular formula is C23H25N3O3S. The lowest BCUT2D eigenvalue weighted by molar-refractivity contribution is -0.119.